The molecule has 0 amide bonds. The first kappa shape index (κ1) is 19.0. The maximum Gasteiger partial charge on any atom is 0.400 e. The van der Waals surface area contributed by atoms with E-state index in [4.69, 9.17) is 10.9 Å². The second-order valence-corrected chi connectivity index (χ2v) is 5.87. The van der Waals surface area contributed by atoms with Gasteiger partial charge in [-0.15, -0.1) is 0 Å². The summed E-state index contributed by atoms with van der Waals surface area (Å²) in [5.41, 5.74) is 5.02. The van der Waals surface area contributed by atoms with Gasteiger partial charge in [0.15, 0.2) is 5.84 Å². The molecule has 0 heterocycles. The Morgan fingerprint density at radius 1 is 1.30 bits per heavy atom. The molecule has 0 aliphatic rings. The summed E-state index contributed by atoms with van der Waals surface area (Å²) in [6.07, 6.45) is -0.264. The molecule has 7 heteroatoms. The topological polar surface area (TPSA) is 70.6 Å². The van der Waals surface area contributed by atoms with Crippen molar-refractivity contribution >= 4 is 5.84 Å². The molecule has 1 atom stereocenters. The smallest absolute Gasteiger partial charge is 0.400 e. The molecule has 0 rings (SSSR count). The number of oxime groups is 1. The van der Waals surface area contributed by atoms with E-state index in [1.807, 2.05) is 13.8 Å². The number of nitrogens with two attached hydrogens (primary N) is 1. The Balaban J connectivity index is 4.30. The first-order valence-electron chi connectivity index (χ1n) is 6.89. The summed E-state index contributed by atoms with van der Waals surface area (Å²) in [6.45, 7) is 6.22. The predicted octanol–water partition coefficient (Wildman–Crippen LogP) is 3.11. The minimum atomic E-state index is -4.52. The Kier molecular flexibility index (Phi) is 7.93. The largest absolute Gasteiger partial charge is 0.409 e. The Hall–Kier alpha value is -0.980. The number of halogens is 3. The molecule has 0 saturated carbocycles. The van der Waals surface area contributed by atoms with E-state index in [1.165, 1.54) is 0 Å². The maximum absolute atomic E-state index is 12.7. The quantitative estimate of drug-likeness (QED) is 0.201. The van der Waals surface area contributed by atoms with E-state index in [2.05, 4.69) is 17.4 Å². The predicted molar refractivity (Wildman–Crippen MR) is 73.7 cm³/mol. The third-order valence-corrected chi connectivity index (χ3v) is 3.28. The second kappa shape index (κ2) is 8.34. The molecule has 120 valence electrons. The van der Waals surface area contributed by atoms with Gasteiger partial charge in [-0.05, 0) is 11.8 Å². The summed E-state index contributed by atoms with van der Waals surface area (Å²) in [5, 5.41) is 13.7. The molecule has 1 unspecified atom stereocenters. The van der Waals surface area contributed by atoms with Gasteiger partial charge >= 0.3 is 6.18 Å². The lowest BCUT2D eigenvalue weighted by atomic mass is 9.86. The third kappa shape index (κ3) is 7.57. The molecular weight excluding hydrogens is 271 g/mol. The normalized spacial score (nSPS) is 15.4. The first-order valence-corrected chi connectivity index (χ1v) is 6.89. The van der Waals surface area contributed by atoms with Crippen molar-refractivity contribution in [3.63, 3.8) is 0 Å². The number of nitrogens with zero attached hydrogens (tertiary/aromatic N) is 1. The summed E-state index contributed by atoms with van der Waals surface area (Å²) in [5.74, 6) is -2.77. The minimum absolute atomic E-state index is 0.0730. The van der Waals surface area contributed by atoms with E-state index in [0.717, 1.165) is 25.7 Å². The van der Waals surface area contributed by atoms with Crippen LogP contribution < -0.4 is 11.1 Å². The van der Waals surface area contributed by atoms with Gasteiger partial charge < -0.3 is 16.3 Å². The van der Waals surface area contributed by atoms with Crippen LogP contribution in [0.4, 0.5) is 13.2 Å². The van der Waals surface area contributed by atoms with E-state index in [9.17, 15) is 13.2 Å². The van der Waals surface area contributed by atoms with Crippen LogP contribution in [0.3, 0.4) is 0 Å². The summed E-state index contributed by atoms with van der Waals surface area (Å²) in [7, 11) is 0. The van der Waals surface area contributed by atoms with Crippen LogP contribution in [0, 0.1) is 11.3 Å². The van der Waals surface area contributed by atoms with Crippen LogP contribution in [0.1, 0.15) is 46.5 Å². The summed E-state index contributed by atoms with van der Waals surface area (Å²) >= 11 is 0. The fourth-order valence-corrected chi connectivity index (χ4v) is 1.95. The molecule has 0 aliphatic carbocycles. The van der Waals surface area contributed by atoms with Crippen molar-refractivity contribution in [2.45, 2.75) is 52.6 Å². The number of hydrogen-bond donors (Lipinski definition) is 3. The summed E-state index contributed by atoms with van der Waals surface area (Å²) in [4.78, 5) is 0. The first-order chi connectivity index (χ1) is 9.14. The highest BCUT2D eigenvalue weighted by atomic mass is 19.4. The summed E-state index contributed by atoms with van der Waals surface area (Å²) in [6, 6.07) is 0. The molecule has 4 N–H and O–H groups in total. The number of hydrogen-bond acceptors (Lipinski definition) is 3. The molecular formula is C13H26F3N3O. The van der Waals surface area contributed by atoms with Crippen LogP contribution in [0.15, 0.2) is 5.16 Å². The second-order valence-electron chi connectivity index (χ2n) is 5.87. The highest BCUT2D eigenvalue weighted by Gasteiger charge is 2.42. The van der Waals surface area contributed by atoms with Gasteiger partial charge in [0.25, 0.3) is 0 Å². The number of nitrogens with one attached hydrogen (secondary N) is 1. The van der Waals surface area contributed by atoms with Gasteiger partial charge in [-0.25, -0.2) is 0 Å². The zero-order valence-electron chi connectivity index (χ0n) is 12.4. The van der Waals surface area contributed by atoms with E-state index in [0.29, 0.717) is 6.54 Å². The lowest BCUT2D eigenvalue weighted by Gasteiger charge is -2.27. The van der Waals surface area contributed by atoms with Crippen LogP contribution in [0.25, 0.3) is 0 Å². The molecule has 0 aromatic rings. The standard InChI is InChI=1S/C13H26F3N3O/c1-4-5-6-7-12(2,3)9-18-8-10(11(17)19-20)13(14,15)16/h10,18,20H,4-9H2,1-3H3,(H2,17,19). The minimum Gasteiger partial charge on any atom is -0.409 e. The van der Waals surface area contributed by atoms with Gasteiger partial charge in [-0.1, -0.05) is 45.2 Å². The number of alkyl halides is 3. The Labute approximate surface area is 118 Å². The summed E-state index contributed by atoms with van der Waals surface area (Å²) < 4.78 is 38.1. The van der Waals surface area contributed by atoms with E-state index < -0.39 is 17.9 Å². The van der Waals surface area contributed by atoms with Gasteiger partial charge in [0.05, 0.1) is 0 Å². The molecule has 20 heavy (non-hydrogen) atoms. The van der Waals surface area contributed by atoms with Crippen LogP contribution in [-0.2, 0) is 0 Å². The van der Waals surface area contributed by atoms with E-state index in [1.54, 1.807) is 0 Å². The maximum atomic E-state index is 12.7. The number of rotatable bonds is 9. The lowest BCUT2D eigenvalue weighted by Crippen LogP contribution is -2.44. The molecule has 0 fully saturated rings. The fourth-order valence-electron chi connectivity index (χ4n) is 1.95. The highest BCUT2D eigenvalue weighted by Crippen LogP contribution is 2.27. The van der Waals surface area contributed by atoms with Crippen molar-refractivity contribution in [2.24, 2.45) is 22.2 Å². The van der Waals surface area contributed by atoms with Crippen molar-refractivity contribution in [3.05, 3.63) is 0 Å². The Morgan fingerprint density at radius 2 is 1.90 bits per heavy atom. The van der Waals surface area contributed by atoms with E-state index in [-0.39, 0.29) is 12.0 Å². The van der Waals surface area contributed by atoms with Gasteiger partial charge in [0, 0.05) is 13.1 Å². The average Bonchev–Trinajstić information content (AvgIpc) is 2.32. The van der Waals surface area contributed by atoms with Gasteiger partial charge in [-0.3, -0.25) is 0 Å². The van der Waals surface area contributed by atoms with Crippen molar-refractivity contribution in [1.82, 2.24) is 5.32 Å². The van der Waals surface area contributed by atoms with Crippen molar-refractivity contribution in [3.8, 4) is 0 Å². The van der Waals surface area contributed by atoms with Gasteiger partial charge in [-0.2, -0.15) is 13.2 Å². The molecule has 0 spiro atoms. The Morgan fingerprint density at radius 3 is 2.35 bits per heavy atom. The lowest BCUT2D eigenvalue weighted by molar-refractivity contribution is -0.155. The molecule has 4 nitrogen and oxygen atoms in total. The monoisotopic (exact) mass is 297 g/mol. The SMILES string of the molecule is CCCCCC(C)(C)CNCC(C(N)=NO)C(F)(F)F. The zero-order chi connectivity index (χ0) is 15.8. The van der Waals surface area contributed by atoms with E-state index >= 15 is 0 Å². The highest BCUT2D eigenvalue weighted by molar-refractivity contribution is 5.83. The van der Waals surface area contributed by atoms with Crippen LogP contribution in [-0.4, -0.2) is 30.3 Å². The third-order valence-electron chi connectivity index (χ3n) is 3.28. The van der Waals surface area contributed by atoms with Crippen molar-refractivity contribution < 1.29 is 18.4 Å². The molecule has 0 saturated heterocycles. The molecule has 0 bridgehead atoms. The molecule has 0 radical (unpaired) electrons. The van der Waals surface area contributed by atoms with Crippen molar-refractivity contribution in [2.75, 3.05) is 13.1 Å². The van der Waals surface area contributed by atoms with Crippen LogP contribution in [0.5, 0.6) is 0 Å². The van der Waals surface area contributed by atoms with Crippen LogP contribution in [0.2, 0.25) is 0 Å². The molecule has 0 aromatic heterocycles. The molecule has 0 aliphatic heterocycles. The molecule has 0 aromatic carbocycles. The van der Waals surface area contributed by atoms with Gasteiger partial charge in [0.2, 0.25) is 0 Å². The fraction of sp³-hybridized carbons (Fsp3) is 0.923. The number of unbranched alkanes of at least 4 members (excludes halogenated alkanes) is 2. The Bertz CT molecular complexity index is 304. The van der Waals surface area contributed by atoms with Crippen LogP contribution >= 0.6 is 0 Å². The van der Waals surface area contributed by atoms with Gasteiger partial charge in [0.1, 0.15) is 5.92 Å². The average molecular weight is 297 g/mol. The zero-order valence-corrected chi connectivity index (χ0v) is 12.4. The number of amidine groups is 1. The van der Waals surface area contributed by atoms with Crippen molar-refractivity contribution in [1.29, 1.82) is 0 Å².